The zero-order chi connectivity index (χ0) is 12.5. The summed E-state index contributed by atoms with van der Waals surface area (Å²) in [7, 11) is 0. The lowest BCUT2D eigenvalue weighted by Crippen LogP contribution is -2.14. The number of hydrogen-bond donors (Lipinski definition) is 1. The van der Waals surface area contributed by atoms with Gasteiger partial charge in [-0.2, -0.15) is 0 Å². The second kappa shape index (κ2) is 8.48. The zero-order valence-electron chi connectivity index (χ0n) is 10.1. The van der Waals surface area contributed by atoms with E-state index in [-0.39, 0.29) is 5.82 Å². The van der Waals surface area contributed by atoms with Crippen molar-refractivity contribution in [2.75, 3.05) is 19.7 Å². The average Bonchev–Trinajstić information content (AvgIpc) is 2.32. The highest BCUT2D eigenvalue weighted by Crippen LogP contribution is 2.20. The summed E-state index contributed by atoms with van der Waals surface area (Å²) in [6.45, 7) is 4.83. The number of nitrogens with one attached hydrogen (secondary N) is 1. The smallest absolute Gasteiger partial charge is 0.141 e. The predicted molar refractivity (Wildman–Crippen MR) is 72.0 cm³/mol. The van der Waals surface area contributed by atoms with E-state index in [0.29, 0.717) is 16.8 Å². The lowest BCUT2D eigenvalue weighted by atomic mass is 10.2. The Morgan fingerprint density at radius 1 is 1.29 bits per heavy atom. The first-order valence-electron chi connectivity index (χ1n) is 6.02. The SMILES string of the molecule is CCNCCCCCOc1ccc(Br)c(F)c1. The van der Waals surface area contributed by atoms with E-state index in [9.17, 15) is 4.39 Å². The zero-order valence-corrected chi connectivity index (χ0v) is 11.7. The number of rotatable bonds is 8. The van der Waals surface area contributed by atoms with E-state index in [2.05, 4.69) is 28.2 Å². The average molecular weight is 304 g/mol. The standard InChI is InChI=1S/C13H19BrFNO/c1-2-16-8-4-3-5-9-17-11-6-7-12(14)13(15)10-11/h6-7,10,16H,2-5,8-9H2,1H3. The molecule has 1 N–H and O–H groups in total. The summed E-state index contributed by atoms with van der Waals surface area (Å²) in [6, 6.07) is 4.84. The van der Waals surface area contributed by atoms with Gasteiger partial charge in [0.15, 0.2) is 0 Å². The molecule has 0 aromatic heterocycles. The first-order chi connectivity index (χ1) is 8.24. The number of hydrogen-bond acceptors (Lipinski definition) is 2. The fourth-order valence-electron chi connectivity index (χ4n) is 1.46. The van der Waals surface area contributed by atoms with Crippen LogP contribution in [0, 0.1) is 5.82 Å². The largest absolute Gasteiger partial charge is 0.493 e. The van der Waals surface area contributed by atoms with Crippen molar-refractivity contribution in [2.24, 2.45) is 0 Å². The summed E-state index contributed by atoms with van der Waals surface area (Å²) in [5.41, 5.74) is 0. The molecule has 4 heteroatoms. The van der Waals surface area contributed by atoms with Crippen molar-refractivity contribution in [3.63, 3.8) is 0 Å². The molecule has 0 saturated heterocycles. The molecule has 1 aromatic rings. The highest BCUT2D eigenvalue weighted by atomic mass is 79.9. The van der Waals surface area contributed by atoms with E-state index >= 15 is 0 Å². The molecule has 0 saturated carbocycles. The third-order valence-corrected chi connectivity index (χ3v) is 3.05. The molecule has 1 aromatic carbocycles. The first-order valence-corrected chi connectivity index (χ1v) is 6.82. The summed E-state index contributed by atoms with van der Waals surface area (Å²) < 4.78 is 19.1. The summed E-state index contributed by atoms with van der Waals surface area (Å²) in [5.74, 6) is 0.312. The summed E-state index contributed by atoms with van der Waals surface area (Å²) in [5, 5.41) is 3.27. The molecule has 0 bridgehead atoms. The van der Waals surface area contributed by atoms with Crippen LogP contribution in [0.5, 0.6) is 5.75 Å². The van der Waals surface area contributed by atoms with Crippen molar-refractivity contribution in [3.8, 4) is 5.75 Å². The van der Waals surface area contributed by atoms with Gasteiger partial charge in [0.05, 0.1) is 11.1 Å². The van der Waals surface area contributed by atoms with Crippen molar-refractivity contribution in [2.45, 2.75) is 26.2 Å². The molecule has 0 aliphatic carbocycles. The van der Waals surface area contributed by atoms with E-state index < -0.39 is 0 Å². The molecule has 0 aliphatic rings. The lowest BCUT2D eigenvalue weighted by Gasteiger charge is -2.06. The van der Waals surface area contributed by atoms with Gasteiger partial charge < -0.3 is 10.1 Å². The molecule has 0 heterocycles. The normalized spacial score (nSPS) is 10.5. The van der Waals surface area contributed by atoms with Crippen LogP contribution in [0.2, 0.25) is 0 Å². The third kappa shape index (κ3) is 6.03. The first kappa shape index (κ1) is 14.5. The number of unbranched alkanes of at least 4 members (excludes halogenated alkanes) is 2. The number of halogens is 2. The molecule has 2 nitrogen and oxygen atoms in total. The molecule has 0 aliphatic heterocycles. The minimum Gasteiger partial charge on any atom is -0.493 e. The van der Waals surface area contributed by atoms with Gasteiger partial charge in [0.1, 0.15) is 11.6 Å². The minimum absolute atomic E-state index is 0.283. The third-order valence-electron chi connectivity index (χ3n) is 2.41. The Balaban J connectivity index is 2.11. The topological polar surface area (TPSA) is 21.3 Å². The molecule has 0 unspecified atom stereocenters. The Hall–Kier alpha value is -0.610. The van der Waals surface area contributed by atoms with Gasteiger partial charge in [-0.3, -0.25) is 0 Å². The molecule has 17 heavy (non-hydrogen) atoms. The Morgan fingerprint density at radius 3 is 2.82 bits per heavy atom. The summed E-state index contributed by atoms with van der Waals surface area (Å²) >= 11 is 3.11. The molecule has 0 atom stereocenters. The van der Waals surface area contributed by atoms with Crippen LogP contribution >= 0.6 is 15.9 Å². The van der Waals surface area contributed by atoms with Crippen molar-refractivity contribution < 1.29 is 9.13 Å². The maximum Gasteiger partial charge on any atom is 0.141 e. The van der Waals surface area contributed by atoms with Crippen LogP contribution in [0.25, 0.3) is 0 Å². The van der Waals surface area contributed by atoms with Crippen molar-refractivity contribution >= 4 is 15.9 Å². The summed E-state index contributed by atoms with van der Waals surface area (Å²) in [6.07, 6.45) is 3.29. The van der Waals surface area contributed by atoms with Gasteiger partial charge >= 0.3 is 0 Å². The molecule has 0 spiro atoms. The monoisotopic (exact) mass is 303 g/mol. The van der Waals surface area contributed by atoms with Gasteiger partial charge in [-0.1, -0.05) is 6.92 Å². The molecular weight excluding hydrogens is 285 g/mol. The molecule has 0 amide bonds. The second-order valence-electron chi connectivity index (χ2n) is 3.84. The lowest BCUT2D eigenvalue weighted by molar-refractivity contribution is 0.303. The van der Waals surface area contributed by atoms with Gasteiger partial charge in [-0.25, -0.2) is 4.39 Å². The van der Waals surface area contributed by atoms with Crippen molar-refractivity contribution in [1.29, 1.82) is 0 Å². The Bertz CT molecular complexity index is 333. The maximum absolute atomic E-state index is 13.2. The Morgan fingerprint density at radius 2 is 2.12 bits per heavy atom. The van der Waals surface area contributed by atoms with Gasteiger partial charge in [0.2, 0.25) is 0 Å². The molecular formula is C13H19BrFNO. The molecule has 1 rings (SSSR count). The van der Waals surface area contributed by atoms with E-state index in [4.69, 9.17) is 4.74 Å². The van der Waals surface area contributed by atoms with Gasteiger partial charge in [0.25, 0.3) is 0 Å². The molecule has 0 fully saturated rings. The number of benzene rings is 1. The van der Waals surface area contributed by atoms with Crippen LogP contribution in [0.4, 0.5) is 4.39 Å². The van der Waals surface area contributed by atoms with Crippen LogP contribution in [-0.4, -0.2) is 19.7 Å². The van der Waals surface area contributed by atoms with Crippen molar-refractivity contribution in [1.82, 2.24) is 5.32 Å². The van der Waals surface area contributed by atoms with E-state index in [1.165, 1.54) is 6.07 Å². The van der Waals surface area contributed by atoms with Crippen LogP contribution in [0.3, 0.4) is 0 Å². The van der Waals surface area contributed by atoms with Crippen molar-refractivity contribution in [3.05, 3.63) is 28.5 Å². The fraction of sp³-hybridized carbons (Fsp3) is 0.538. The quantitative estimate of drug-likeness (QED) is 0.739. The second-order valence-corrected chi connectivity index (χ2v) is 4.69. The highest BCUT2D eigenvalue weighted by molar-refractivity contribution is 9.10. The minimum atomic E-state index is -0.283. The number of ether oxygens (including phenoxy) is 1. The Kier molecular flexibility index (Phi) is 7.21. The Labute approximate surface area is 111 Å². The van der Waals surface area contributed by atoms with E-state index in [1.54, 1.807) is 12.1 Å². The van der Waals surface area contributed by atoms with Gasteiger partial charge in [-0.05, 0) is 60.4 Å². The van der Waals surface area contributed by atoms with Gasteiger partial charge in [0, 0.05) is 6.07 Å². The molecule has 0 radical (unpaired) electrons. The maximum atomic E-state index is 13.2. The molecule has 96 valence electrons. The highest BCUT2D eigenvalue weighted by Gasteiger charge is 2.00. The van der Waals surface area contributed by atoms with E-state index in [1.807, 2.05) is 0 Å². The summed E-state index contributed by atoms with van der Waals surface area (Å²) in [4.78, 5) is 0. The van der Waals surface area contributed by atoms with Crippen LogP contribution in [0.1, 0.15) is 26.2 Å². The van der Waals surface area contributed by atoms with Crippen LogP contribution in [0.15, 0.2) is 22.7 Å². The van der Waals surface area contributed by atoms with E-state index in [0.717, 1.165) is 32.4 Å². The predicted octanol–water partition coefficient (Wildman–Crippen LogP) is 3.75. The van der Waals surface area contributed by atoms with Crippen LogP contribution in [-0.2, 0) is 0 Å². The fourth-order valence-corrected chi connectivity index (χ4v) is 1.71. The van der Waals surface area contributed by atoms with Crippen LogP contribution < -0.4 is 10.1 Å². The van der Waals surface area contributed by atoms with Gasteiger partial charge in [-0.15, -0.1) is 0 Å².